The van der Waals surface area contributed by atoms with Gasteiger partial charge in [-0.1, -0.05) is 0 Å². The zero-order valence-electron chi connectivity index (χ0n) is 12.2. The van der Waals surface area contributed by atoms with Crippen LogP contribution >= 0.6 is 11.3 Å². The first-order chi connectivity index (χ1) is 10.2. The quantitative estimate of drug-likeness (QED) is 0.932. The molecule has 0 atom stereocenters. The van der Waals surface area contributed by atoms with Crippen LogP contribution in [0.5, 0.6) is 0 Å². The number of anilines is 2. The summed E-state index contributed by atoms with van der Waals surface area (Å²) in [6.07, 6.45) is -4.54. The van der Waals surface area contributed by atoms with E-state index < -0.39 is 17.1 Å². The van der Waals surface area contributed by atoms with Crippen molar-refractivity contribution in [3.05, 3.63) is 39.8 Å². The number of alkyl halides is 3. The van der Waals surface area contributed by atoms with Crippen LogP contribution in [0.25, 0.3) is 0 Å². The number of nitrogens with one attached hydrogen (secondary N) is 1. The van der Waals surface area contributed by atoms with Gasteiger partial charge in [0, 0.05) is 25.5 Å². The average Bonchev–Trinajstić information content (AvgIpc) is 2.81. The minimum atomic E-state index is -4.54. The molecule has 0 aliphatic heterocycles. The highest BCUT2D eigenvalue weighted by molar-refractivity contribution is 7.14. The molecular weight excluding hydrogens is 315 g/mol. The molecule has 1 amide bonds. The van der Waals surface area contributed by atoms with Gasteiger partial charge in [0.1, 0.15) is 4.88 Å². The predicted molar refractivity (Wildman–Crippen MR) is 80.6 cm³/mol. The molecule has 0 spiro atoms. The van der Waals surface area contributed by atoms with E-state index in [1.165, 1.54) is 6.92 Å². The van der Waals surface area contributed by atoms with E-state index in [0.717, 1.165) is 5.69 Å². The van der Waals surface area contributed by atoms with Crippen molar-refractivity contribution in [3.63, 3.8) is 0 Å². The second kappa shape index (κ2) is 5.96. The van der Waals surface area contributed by atoms with E-state index in [9.17, 15) is 18.0 Å². The number of hydrogen-bond acceptors (Lipinski definition) is 4. The van der Waals surface area contributed by atoms with Gasteiger partial charge in [0.05, 0.1) is 5.69 Å². The van der Waals surface area contributed by atoms with Crippen LogP contribution in [-0.2, 0) is 6.18 Å². The molecule has 4 nitrogen and oxygen atoms in total. The maximum absolute atomic E-state index is 12.6. The van der Waals surface area contributed by atoms with Gasteiger partial charge >= 0.3 is 6.18 Å². The Balaban J connectivity index is 2.17. The van der Waals surface area contributed by atoms with Gasteiger partial charge in [-0.05, 0) is 31.2 Å². The number of rotatable bonds is 3. The smallest absolute Gasteiger partial charge is 0.378 e. The van der Waals surface area contributed by atoms with Gasteiger partial charge < -0.3 is 10.2 Å². The third-order valence-electron chi connectivity index (χ3n) is 2.89. The number of thiazole rings is 1. The molecule has 2 rings (SSSR count). The van der Waals surface area contributed by atoms with Gasteiger partial charge in [-0.3, -0.25) is 4.79 Å². The average molecular weight is 329 g/mol. The van der Waals surface area contributed by atoms with Crippen LogP contribution in [0.15, 0.2) is 24.3 Å². The molecule has 0 aliphatic rings. The Labute approximate surface area is 129 Å². The van der Waals surface area contributed by atoms with E-state index in [2.05, 4.69) is 10.3 Å². The second-order valence-corrected chi connectivity index (χ2v) is 5.83. The monoisotopic (exact) mass is 329 g/mol. The van der Waals surface area contributed by atoms with Crippen molar-refractivity contribution in [3.8, 4) is 0 Å². The first-order valence-corrected chi connectivity index (χ1v) is 7.13. The van der Waals surface area contributed by atoms with Crippen LogP contribution in [-0.4, -0.2) is 25.0 Å². The number of aryl methyl sites for hydroxylation is 1. The molecule has 118 valence electrons. The van der Waals surface area contributed by atoms with E-state index in [4.69, 9.17) is 0 Å². The first kappa shape index (κ1) is 16.3. The van der Waals surface area contributed by atoms with Crippen LogP contribution in [0.3, 0.4) is 0 Å². The Kier molecular flexibility index (Phi) is 4.41. The molecular formula is C14H14F3N3OS. The summed E-state index contributed by atoms with van der Waals surface area (Å²) in [6.45, 7) is 1.38. The van der Waals surface area contributed by atoms with Crippen molar-refractivity contribution in [2.45, 2.75) is 13.1 Å². The van der Waals surface area contributed by atoms with E-state index in [1.807, 2.05) is 19.0 Å². The SMILES string of the molecule is Cc1nc(C(F)(F)F)sc1C(=O)Nc1ccc(N(C)C)cc1. The zero-order valence-corrected chi connectivity index (χ0v) is 13.0. The fraction of sp³-hybridized carbons (Fsp3) is 0.286. The number of nitrogens with zero attached hydrogens (tertiary/aromatic N) is 2. The molecule has 0 bridgehead atoms. The van der Waals surface area contributed by atoms with Gasteiger partial charge in [0.2, 0.25) is 0 Å². The number of aromatic nitrogens is 1. The maximum atomic E-state index is 12.6. The molecule has 0 radical (unpaired) electrons. The molecule has 8 heteroatoms. The third-order valence-corrected chi connectivity index (χ3v) is 4.09. The highest BCUT2D eigenvalue weighted by Gasteiger charge is 2.36. The molecule has 1 aromatic carbocycles. The first-order valence-electron chi connectivity index (χ1n) is 6.32. The molecule has 0 saturated heterocycles. The topological polar surface area (TPSA) is 45.2 Å². The number of carbonyl (C=O) groups excluding carboxylic acids is 1. The number of carbonyl (C=O) groups is 1. The Hall–Kier alpha value is -2.09. The Morgan fingerprint density at radius 3 is 2.27 bits per heavy atom. The van der Waals surface area contributed by atoms with Crippen molar-refractivity contribution in [2.75, 3.05) is 24.3 Å². The normalized spacial score (nSPS) is 11.4. The highest BCUT2D eigenvalue weighted by atomic mass is 32.1. The standard InChI is InChI=1S/C14H14F3N3OS/c1-8-11(22-13(18-8)14(15,16)17)12(21)19-9-4-6-10(7-5-9)20(2)3/h4-7H,1-3H3,(H,19,21). The Morgan fingerprint density at radius 1 is 1.23 bits per heavy atom. The van der Waals surface area contributed by atoms with E-state index in [-0.39, 0.29) is 10.6 Å². The molecule has 2 aromatic rings. The van der Waals surface area contributed by atoms with Gasteiger partial charge in [0.25, 0.3) is 5.91 Å². The summed E-state index contributed by atoms with van der Waals surface area (Å²) in [5.74, 6) is -0.594. The number of hydrogen-bond donors (Lipinski definition) is 1. The van der Waals surface area contributed by atoms with Crippen LogP contribution in [0.4, 0.5) is 24.5 Å². The number of benzene rings is 1. The fourth-order valence-electron chi connectivity index (χ4n) is 1.76. The lowest BCUT2D eigenvalue weighted by molar-refractivity contribution is -0.137. The molecule has 1 aromatic heterocycles. The molecule has 0 saturated carbocycles. The van der Waals surface area contributed by atoms with Crippen LogP contribution in [0.1, 0.15) is 20.4 Å². The van der Waals surface area contributed by atoms with Gasteiger partial charge in [-0.2, -0.15) is 13.2 Å². The van der Waals surface area contributed by atoms with Crippen LogP contribution < -0.4 is 10.2 Å². The second-order valence-electron chi connectivity index (χ2n) is 4.83. The minimum absolute atomic E-state index is 0.0380. The molecule has 0 unspecified atom stereocenters. The zero-order chi connectivity index (χ0) is 16.5. The van der Waals surface area contributed by atoms with Crippen molar-refractivity contribution < 1.29 is 18.0 Å². The summed E-state index contributed by atoms with van der Waals surface area (Å²) in [6, 6.07) is 6.98. The van der Waals surface area contributed by atoms with Crippen molar-refractivity contribution in [1.29, 1.82) is 0 Å². The van der Waals surface area contributed by atoms with Crippen molar-refractivity contribution >= 4 is 28.6 Å². The maximum Gasteiger partial charge on any atom is 0.443 e. The minimum Gasteiger partial charge on any atom is -0.378 e. The van der Waals surface area contributed by atoms with Gasteiger partial charge in [-0.15, -0.1) is 11.3 Å². The van der Waals surface area contributed by atoms with Crippen molar-refractivity contribution in [2.24, 2.45) is 0 Å². The van der Waals surface area contributed by atoms with E-state index in [0.29, 0.717) is 17.0 Å². The summed E-state index contributed by atoms with van der Waals surface area (Å²) >= 11 is 0.345. The number of halogens is 3. The van der Waals surface area contributed by atoms with Crippen LogP contribution in [0, 0.1) is 6.92 Å². The largest absolute Gasteiger partial charge is 0.443 e. The molecule has 22 heavy (non-hydrogen) atoms. The molecule has 1 N–H and O–H groups in total. The van der Waals surface area contributed by atoms with Crippen LogP contribution in [0.2, 0.25) is 0 Å². The van der Waals surface area contributed by atoms with E-state index in [1.54, 1.807) is 24.3 Å². The predicted octanol–water partition coefficient (Wildman–Crippen LogP) is 3.79. The summed E-state index contributed by atoms with van der Waals surface area (Å²) in [5, 5.41) is 1.56. The summed E-state index contributed by atoms with van der Waals surface area (Å²) in [4.78, 5) is 17.3. The Bertz CT molecular complexity index is 678. The third kappa shape index (κ3) is 3.56. The van der Waals surface area contributed by atoms with Gasteiger partial charge in [0.15, 0.2) is 5.01 Å². The highest BCUT2D eigenvalue weighted by Crippen LogP contribution is 2.34. The fourth-order valence-corrected chi connectivity index (χ4v) is 2.59. The van der Waals surface area contributed by atoms with Gasteiger partial charge in [-0.25, -0.2) is 4.98 Å². The molecule has 1 heterocycles. The molecule has 0 aliphatic carbocycles. The summed E-state index contributed by atoms with van der Waals surface area (Å²) < 4.78 is 37.8. The Morgan fingerprint density at radius 2 is 1.82 bits per heavy atom. The number of amides is 1. The summed E-state index contributed by atoms with van der Waals surface area (Å²) in [5.41, 5.74) is 1.53. The van der Waals surface area contributed by atoms with E-state index >= 15 is 0 Å². The lowest BCUT2D eigenvalue weighted by atomic mass is 10.2. The lowest BCUT2D eigenvalue weighted by Gasteiger charge is -2.12. The summed E-state index contributed by atoms with van der Waals surface area (Å²) in [7, 11) is 3.76. The molecule has 0 fully saturated rings. The van der Waals surface area contributed by atoms with Crippen molar-refractivity contribution in [1.82, 2.24) is 4.98 Å². The lowest BCUT2D eigenvalue weighted by Crippen LogP contribution is -2.12.